The molecule has 0 atom stereocenters. The topological polar surface area (TPSA) is 67.2 Å². The Bertz CT molecular complexity index is 497. The Morgan fingerprint density at radius 1 is 1.47 bits per heavy atom. The number of nitro groups is 1. The minimum Gasteiger partial charge on any atom is -0.379 e. The first-order chi connectivity index (χ1) is 9.18. The van der Waals surface area contributed by atoms with E-state index in [1.807, 2.05) is 6.07 Å². The first-order valence-electron chi connectivity index (χ1n) is 6.55. The number of anilines is 1. The fourth-order valence-corrected chi connectivity index (χ4v) is 2.30. The third-order valence-corrected chi connectivity index (χ3v) is 3.34. The molecule has 0 bridgehead atoms. The van der Waals surface area contributed by atoms with Gasteiger partial charge in [-0.1, -0.05) is 23.8 Å². The summed E-state index contributed by atoms with van der Waals surface area (Å²) in [7, 11) is 0. The molecule has 5 nitrogen and oxygen atoms in total. The summed E-state index contributed by atoms with van der Waals surface area (Å²) >= 11 is 0. The molecule has 0 aliphatic carbocycles. The molecular weight excluding hydrogens is 242 g/mol. The first kappa shape index (κ1) is 13.5. The molecule has 0 fully saturated rings. The van der Waals surface area contributed by atoms with E-state index in [4.69, 9.17) is 0 Å². The molecule has 0 amide bonds. The molecule has 0 saturated carbocycles. The number of nitrogens with zero attached hydrogens (tertiary/aromatic N) is 1. The van der Waals surface area contributed by atoms with Gasteiger partial charge in [0.1, 0.15) is 5.69 Å². The maximum atomic E-state index is 11.1. The van der Waals surface area contributed by atoms with E-state index in [1.165, 1.54) is 5.57 Å². The summed E-state index contributed by atoms with van der Waals surface area (Å²) in [5, 5.41) is 17.5. The lowest BCUT2D eigenvalue weighted by molar-refractivity contribution is -0.384. The molecule has 0 spiro atoms. The van der Waals surface area contributed by atoms with E-state index >= 15 is 0 Å². The zero-order chi connectivity index (χ0) is 13.7. The lowest BCUT2D eigenvalue weighted by Crippen LogP contribution is -2.21. The van der Waals surface area contributed by atoms with E-state index in [2.05, 4.69) is 16.7 Å². The molecule has 102 valence electrons. The van der Waals surface area contributed by atoms with E-state index in [-0.39, 0.29) is 10.6 Å². The summed E-state index contributed by atoms with van der Waals surface area (Å²) in [6.07, 6.45) is 4.21. The van der Waals surface area contributed by atoms with E-state index in [1.54, 1.807) is 19.1 Å². The van der Waals surface area contributed by atoms with Crippen molar-refractivity contribution in [2.24, 2.45) is 0 Å². The summed E-state index contributed by atoms with van der Waals surface area (Å²) in [4.78, 5) is 10.7. The Morgan fingerprint density at radius 2 is 2.32 bits per heavy atom. The maximum Gasteiger partial charge on any atom is 0.295 e. The molecule has 1 aliphatic rings. The Hall–Kier alpha value is -1.88. The second-order valence-corrected chi connectivity index (χ2v) is 4.72. The molecule has 2 N–H and O–H groups in total. The standard InChI is InChI=1S/C14H19N3O2/c1-11-3-2-4-13(14(11)17(18)19)16-10-7-12-5-8-15-9-6-12/h2-5,15-16H,6-10H2,1H3. The van der Waals surface area contributed by atoms with Crippen LogP contribution in [0.5, 0.6) is 0 Å². The smallest absolute Gasteiger partial charge is 0.295 e. The molecule has 0 radical (unpaired) electrons. The summed E-state index contributed by atoms with van der Waals surface area (Å²) in [5.41, 5.74) is 2.90. The van der Waals surface area contributed by atoms with Crippen LogP contribution in [0.1, 0.15) is 18.4 Å². The van der Waals surface area contributed by atoms with Gasteiger partial charge in [0.25, 0.3) is 5.69 Å². The van der Waals surface area contributed by atoms with Gasteiger partial charge in [0, 0.05) is 18.7 Å². The first-order valence-corrected chi connectivity index (χ1v) is 6.55. The molecule has 5 heteroatoms. The lowest BCUT2D eigenvalue weighted by Gasteiger charge is -2.14. The second kappa shape index (κ2) is 6.33. The zero-order valence-electron chi connectivity index (χ0n) is 11.1. The van der Waals surface area contributed by atoms with Crippen molar-refractivity contribution in [3.8, 4) is 0 Å². The van der Waals surface area contributed by atoms with Crippen LogP contribution < -0.4 is 10.6 Å². The summed E-state index contributed by atoms with van der Waals surface area (Å²) in [6, 6.07) is 5.37. The Balaban J connectivity index is 1.97. The summed E-state index contributed by atoms with van der Waals surface area (Å²) < 4.78 is 0. The van der Waals surface area contributed by atoms with Gasteiger partial charge >= 0.3 is 0 Å². The second-order valence-electron chi connectivity index (χ2n) is 4.72. The van der Waals surface area contributed by atoms with Crippen molar-refractivity contribution in [1.29, 1.82) is 0 Å². The normalized spacial score (nSPS) is 14.9. The number of hydrogen-bond donors (Lipinski definition) is 2. The zero-order valence-corrected chi connectivity index (χ0v) is 11.1. The van der Waals surface area contributed by atoms with Crippen LogP contribution in [-0.2, 0) is 0 Å². The molecule has 1 heterocycles. The highest BCUT2D eigenvalue weighted by atomic mass is 16.6. The number of hydrogen-bond acceptors (Lipinski definition) is 4. The minimum atomic E-state index is -0.318. The van der Waals surface area contributed by atoms with E-state index in [0.29, 0.717) is 11.3 Å². The van der Waals surface area contributed by atoms with Crippen molar-refractivity contribution < 1.29 is 4.92 Å². The number of para-hydroxylation sites is 1. The molecule has 1 aromatic carbocycles. The Morgan fingerprint density at radius 3 is 3.00 bits per heavy atom. The van der Waals surface area contributed by atoms with Gasteiger partial charge in [-0.25, -0.2) is 0 Å². The van der Waals surface area contributed by atoms with Gasteiger partial charge in [-0.15, -0.1) is 0 Å². The average molecular weight is 261 g/mol. The summed E-state index contributed by atoms with van der Waals surface area (Å²) in [5.74, 6) is 0. The quantitative estimate of drug-likeness (QED) is 0.486. The molecule has 0 unspecified atom stereocenters. The molecular formula is C14H19N3O2. The van der Waals surface area contributed by atoms with Crippen LogP contribution in [0.2, 0.25) is 0 Å². The SMILES string of the molecule is Cc1cccc(NCCC2=CCNCC2)c1[N+](=O)[O-]. The third kappa shape index (κ3) is 3.54. The number of benzene rings is 1. The predicted octanol–water partition coefficient (Wildman–Crippen LogP) is 2.62. The van der Waals surface area contributed by atoms with E-state index in [0.717, 1.165) is 32.5 Å². The number of nitro benzene ring substituents is 1. The Labute approximate surface area is 112 Å². The van der Waals surface area contributed by atoms with Crippen molar-refractivity contribution in [2.75, 3.05) is 25.0 Å². The van der Waals surface area contributed by atoms with Crippen LogP contribution in [0, 0.1) is 17.0 Å². The van der Waals surface area contributed by atoms with Gasteiger partial charge in [-0.3, -0.25) is 10.1 Å². The van der Waals surface area contributed by atoms with Gasteiger partial charge < -0.3 is 10.6 Å². The third-order valence-electron chi connectivity index (χ3n) is 3.34. The van der Waals surface area contributed by atoms with Gasteiger partial charge in [-0.2, -0.15) is 0 Å². The lowest BCUT2D eigenvalue weighted by atomic mass is 10.1. The molecule has 2 rings (SSSR count). The number of aryl methyl sites for hydroxylation is 1. The van der Waals surface area contributed by atoms with Gasteiger partial charge in [-0.05, 0) is 32.4 Å². The molecule has 0 aromatic heterocycles. The number of rotatable bonds is 5. The Kier molecular flexibility index (Phi) is 4.52. The average Bonchev–Trinajstić information content (AvgIpc) is 2.39. The minimum absolute atomic E-state index is 0.182. The largest absolute Gasteiger partial charge is 0.379 e. The van der Waals surface area contributed by atoms with Gasteiger partial charge in [0.15, 0.2) is 0 Å². The van der Waals surface area contributed by atoms with Crippen molar-refractivity contribution in [1.82, 2.24) is 5.32 Å². The van der Waals surface area contributed by atoms with Crippen LogP contribution in [0.15, 0.2) is 29.8 Å². The van der Waals surface area contributed by atoms with Crippen LogP contribution in [0.4, 0.5) is 11.4 Å². The predicted molar refractivity (Wildman–Crippen MR) is 76.5 cm³/mol. The van der Waals surface area contributed by atoms with Gasteiger partial charge in [0.05, 0.1) is 4.92 Å². The van der Waals surface area contributed by atoms with Gasteiger partial charge in [0.2, 0.25) is 0 Å². The molecule has 19 heavy (non-hydrogen) atoms. The maximum absolute atomic E-state index is 11.1. The molecule has 1 aromatic rings. The highest BCUT2D eigenvalue weighted by Gasteiger charge is 2.16. The fourth-order valence-electron chi connectivity index (χ4n) is 2.30. The van der Waals surface area contributed by atoms with Crippen LogP contribution in [-0.4, -0.2) is 24.6 Å². The molecule has 1 aliphatic heterocycles. The van der Waals surface area contributed by atoms with Crippen molar-refractivity contribution >= 4 is 11.4 Å². The monoisotopic (exact) mass is 261 g/mol. The van der Waals surface area contributed by atoms with Crippen molar-refractivity contribution in [2.45, 2.75) is 19.8 Å². The van der Waals surface area contributed by atoms with E-state index in [9.17, 15) is 10.1 Å². The van der Waals surface area contributed by atoms with Crippen molar-refractivity contribution in [3.05, 3.63) is 45.5 Å². The number of nitrogens with one attached hydrogen (secondary N) is 2. The summed E-state index contributed by atoms with van der Waals surface area (Å²) in [6.45, 7) is 4.45. The van der Waals surface area contributed by atoms with Crippen LogP contribution in [0.3, 0.4) is 0 Å². The highest BCUT2D eigenvalue weighted by molar-refractivity contribution is 5.65. The van der Waals surface area contributed by atoms with Crippen molar-refractivity contribution in [3.63, 3.8) is 0 Å². The van der Waals surface area contributed by atoms with Crippen LogP contribution >= 0.6 is 0 Å². The fraction of sp³-hybridized carbons (Fsp3) is 0.429. The van der Waals surface area contributed by atoms with E-state index < -0.39 is 0 Å². The van der Waals surface area contributed by atoms with Crippen LogP contribution in [0.25, 0.3) is 0 Å². The highest BCUT2D eigenvalue weighted by Crippen LogP contribution is 2.27. The molecule has 0 saturated heterocycles.